The van der Waals surface area contributed by atoms with E-state index in [1.54, 1.807) is 15.5 Å². The molecule has 0 aliphatic carbocycles. The Kier molecular flexibility index (Phi) is 9.43. The van der Waals surface area contributed by atoms with Gasteiger partial charge >= 0.3 is 0 Å². The van der Waals surface area contributed by atoms with E-state index in [1.807, 2.05) is 0 Å². The van der Waals surface area contributed by atoms with Crippen LogP contribution in [0.3, 0.4) is 0 Å². The average molecular weight is 589 g/mol. The smallest absolute Gasteiger partial charge is 0.254 e. The summed E-state index contributed by atoms with van der Waals surface area (Å²) in [4.78, 5) is 21.7. The summed E-state index contributed by atoms with van der Waals surface area (Å²) >= 11 is 0. The molecule has 0 radical (unpaired) electrons. The van der Waals surface area contributed by atoms with Crippen molar-refractivity contribution >= 4 is 15.7 Å². The first kappa shape index (κ1) is 29.3. The number of amides is 1. The number of aromatic nitrogens is 2. The van der Waals surface area contributed by atoms with E-state index < -0.39 is 27.2 Å². The molecule has 3 aromatic rings. The highest BCUT2D eigenvalue weighted by molar-refractivity contribution is 7.90. The Bertz CT molecular complexity index is 1440. The molecule has 5 rings (SSSR count). The van der Waals surface area contributed by atoms with Crippen molar-refractivity contribution in [3.05, 3.63) is 83.2 Å². The predicted octanol–water partition coefficient (Wildman–Crippen LogP) is 3.29. The first-order valence-electron chi connectivity index (χ1n) is 13.8. The number of imidazole rings is 1. The number of morpholine rings is 1. The highest BCUT2D eigenvalue weighted by Gasteiger charge is 2.29. The van der Waals surface area contributed by atoms with Gasteiger partial charge in [0.2, 0.25) is 15.0 Å². The van der Waals surface area contributed by atoms with Gasteiger partial charge in [0.25, 0.3) is 5.91 Å². The molecule has 1 aromatic heterocycles. The summed E-state index contributed by atoms with van der Waals surface area (Å²) < 4.78 is 67.9. The van der Waals surface area contributed by atoms with Gasteiger partial charge in [-0.15, -0.1) is 0 Å². The fourth-order valence-corrected chi connectivity index (χ4v) is 6.66. The molecule has 2 aliphatic heterocycles. The molecule has 9 nitrogen and oxygen atoms in total. The van der Waals surface area contributed by atoms with E-state index in [4.69, 9.17) is 9.47 Å². The third kappa shape index (κ3) is 7.37. The molecule has 12 heteroatoms. The van der Waals surface area contributed by atoms with Crippen molar-refractivity contribution in [2.24, 2.45) is 0 Å². The fourth-order valence-electron chi connectivity index (χ4n) is 5.15. The van der Waals surface area contributed by atoms with Gasteiger partial charge in [-0.05, 0) is 43.2 Å². The number of ether oxygens (including phenoxy) is 2. The Morgan fingerprint density at radius 3 is 2.51 bits per heavy atom. The van der Waals surface area contributed by atoms with Gasteiger partial charge in [0, 0.05) is 43.9 Å². The summed E-state index contributed by atoms with van der Waals surface area (Å²) in [6.07, 6.45) is 2.88. The van der Waals surface area contributed by atoms with Crippen LogP contribution in [-0.4, -0.2) is 85.8 Å². The second-order valence-corrected chi connectivity index (χ2v) is 12.2. The quantitative estimate of drug-likeness (QED) is 0.339. The second kappa shape index (κ2) is 13.2. The van der Waals surface area contributed by atoms with Crippen molar-refractivity contribution in [1.29, 1.82) is 0 Å². The van der Waals surface area contributed by atoms with Crippen LogP contribution in [0.25, 0.3) is 0 Å². The number of carbonyl (C=O) groups is 1. The van der Waals surface area contributed by atoms with Crippen LogP contribution < -0.4 is 0 Å². The molecule has 0 spiro atoms. The van der Waals surface area contributed by atoms with Crippen LogP contribution in [0.2, 0.25) is 0 Å². The lowest BCUT2D eigenvalue weighted by atomic mass is 10.2. The molecule has 1 atom stereocenters. The maximum Gasteiger partial charge on any atom is 0.254 e. The molecule has 2 aromatic carbocycles. The lowest BCUT2D eigenvalue weighted by Crippen LogP contribution is -2.43. The van der Waals surface area contributed by atoms with Crippen LogP contribution in [-0.2, 0) is 38.2 Å². The molecule has 2 aliphatic rings. The van der Waals surface area contributed by atoms with E-state index in [0.29, 0.717) is 44.2 Å². The number of halogens is 2. The van der Waals surface area contributed by atoms with E-state index >= 15 is 0 Å². The number of rotatable bonds is 11. The third-order valence-corrected chi connectivity index (χ3v) is 8.99. The van der Waals surface area contributed by atoms with Crippen molar-refractivity contribution in [2.75, 3.05) is 46.0 Å². The van der Waals surface area contributed by atoms with Crippen LogP contribution in [0.1, 0.15) is 34.5 Å². The van der Waals surface area contributed by atoms with E-state index in [2.05, 4.69) is 9.88 Å². The maximum absolute atomic E-state index is 14.4. The van der Waals surface area contributed by atoms with E-state index in [-0.39, 0.29) is 35.8 Å². The van der Waals surface area contributed by atoms with Crippen molar-refractivity contribution in [2.45, 2.75) is 42.9 Å². The number of hydrogen-bond donors (Lipinski definition) is 0. The number of sulfone groups is 1. The normalized spacial score (nSPS) is 18.0. The third-order valence-electron chi connectivity index (χ3n) is 7.41. The first-order valence-corrected chi connectivity index (χ1v) is 15.4. The molecule has 41 heavy (non-hydrogen) atoms. The van der Waals surface area contributed by atoms with Gasteiger partial charge in [-0.2, -0.15) is 0 Å². The second-order valence-electron chi connectivity index (χ2n) is 10.3. The summed E-state index contributed by atoms with van der Waals surface area (Å²) in [5.41, 5.74) is 0.898. The number of carbonyl (C=O) groups excluding carboxylic acids is 1. The number of hydrogen-bond acceptors (Lipinski definition) is 7. The van der Waals surface area contributed by atoms with Crippen molar-refractivity contribution in [3.8, 4) is 0 Å². The lowest BCUT2D eigenvalue weighted by molar-refractivity contribution is 0.0318. The zero-order valence-corrected chi connectivity index (χ0v) is 23.6. The lowest BCUT2D eigenvalue weighted by Gasteiger charge is -2.30. The summed E-state index contributed by atoms with van der Waals surface area (Å²) in [5, 5.41) is -0.186. The predicted molar refractivity (Wildman–Crippen MR) is 147 cm³/mol. The summed E-state index contributed by atoms with van der Waals surface area (Å²) in [7, 11) is -4.04. The first-order chi connectivity index (χ1) is 19.8. The molecule has 0 saturated carbocycles. The molecular weight excluding hydrogens is 554 g/mol. The Balaban J connectivity index is 1.45. The fraction of sp³-hybridized carbons (Fsp3) is 0.448. The molecule has 2 saturated heterocycles. The van der Waals surface area contributed by atoms with Gasteiger partial charge < -0.3 is 18.9 Å². The summed E-state index contributed by atoms with van der Waals surface area (Å²) in [6, 6.07) is 11.1. The summed E-state index contributed by atoms with van der Waals surface area (Å²) in [6.45, 7) is 4.57. The van der Waals surface area contributed by atoms with Crippen LogP contribution in [0.5, 0.6) is 0 Å². The minimum Gasteiger partial charge on any atom is -0.379 e. The molecule has 1 unspecified atom stereocenters. The van der Waals surface area contributed by atoms with Crippen LogP contribution in [0.4, 0.5) is 8.78 Å². The van der Waals surface area contributed by atoms with Crippen LogP contribution in [0.15, 0.2) is 59.9 Å². The van der Waals surface area contributed by atoms with Crippen molar-refractivity contribution in [1.82, 2.24) is 19.4 Å². The number of benzene rings is 2. The van der Waals surface area contributed by atoms with Gasteiger partial charge in [0.05, 0.1) is 50.1 Å². The topological polar surface area (TPSA) is 94.0 Å². The standard InChI is InChI=1S/C29H34F2N4O5S/c30-24-9-7-22(8-10-24)28(36)34(12-11-33-13-16-39-17-14-33)19-25-18-32-29(35(25)20-26-5-3-15-40-26)41(37,38)21-23-4-1-2-6-27(23)31/h1-2,4,6-10,18,26H,3,5,11-17,19-21H2. The average Bonchev–Trinajstić information content (AvgIpc) is 3.63. The Morgan fingerprint density at radius 2 is 1.80 bits per heavy atom. The zero-order valence-electron chi connectivity index (χ0n) is 22.8. The highest BCUT2D eigenvalue weighted by Crippen LogP contribution is 2.24. The van der Waals surface area contributed by atoms with E-state index in [9.17, 15) is 22.0 Å². The summed E-state index contributed by atoms with van der Waals surface area (Å²) in [5.74, 6) is -1.90. The van der Waals surface area contributed by atoms with Gasteiger partial charge in [-0.3, -0.25) is 9.69 Å². The molecule has 1 amide bonds. The van der Waals surface area contributed by atoms with Gasteiger partial charge in [-0.1, -0.05) is 18.2 Å². The molecular formula is C29H34F2N4O5S. The largest absolute Gasteiger partial charge is 0.379 e. The SMILES string of the molecule is O=C(c1ccc(F)cc1)N(CCN1CCOCC1)Cc1cnc(S(=O)(=O)Cc2ccccc2F)n1CC1CCCO1. The zero-order chi connectivity index (χ0) is 28.8. The minimum atomic E-state index is -4.04. The van der Waals surface area contributed by atoms with Crippen molar-refractivity contribution in [3.63, 3.8) is 0 Å². The number of nitrogens with zero attached hydrogens (tertiary/aromatic N) is 4. The highest BCUT2D eigenvalue weighted by atomic mass is 32.2. The minimum absolute atomic E-state index is 0.0549. The molecule has 220 valence electrons. The van der Waals surface area contributed by atoms with Gasteiger partial charge in [0.1, 0.15) is 11.6 Å². The Labute approximate surface area is 238 Å². The maximum atomic E-state index is 14.4. The van der Waals surface area contributed by atoms with Gasteiger partial charge in [-0.25, -0.2) is 22.2 Å². The van der Waals surface area contributed by atoms with E-state index in [0.717, 1.165) is 25.9 Å². The van der Waals surface area contributed by atoms with Crippen LogP contribution in [0, 0.1) is 11.6 Å². The Hall–Kier alpha value is -3.19. The molecule has 0 N–H and O–H groups in total. The molecule has 0 bridgehead atoms. The Morgan fingerprint density at radius 1 is 1.05 bits per heavy atom. The molecule has 2 fully saturated rings. The van der Waals surface area contributed by atoms with Crippen LogP contribution >= 0.6 is 0 Å². The monoisotopic (exact) mass is 588 g/mol. The molecule has 3 heterocycles. The van der Waals surface area contributed by atoms with Crippen molar-refractivity contribution < 1.29 is 31.5 Å². The van der Waals surface area contributed by atoms with Gasteiger partial charge in [0.15, 0.2) is 0 Å². The van der Waals surface area contributed by atoms with E-state index in [1.165, 1.54) is 48.7 Å².